The molecule has 6 nitrogen and oxygen atoms in total. The van der Waals surface area contributed by atoms with Crippen LogP contribution >= 0.6 is 0 Å². The number of aliphatic hydroxyl groups excluding tert-OH is 1. The summed E-state index contributed by atoms with van der Waals surface area (Å²) in [5.41, 5.74) is 2.42. The Bertz CT molecular complexity index is 628. The minimum absolute atomic E-state index is 0.0221. The molecule has 1 heterocycles. The third-order valence-corrected chi connectivity index (χ3v) is 2.96. The fraction of sp³-hybridized carbons (Fsp3) is 0.308. The van der Waals surface area contributed by atoms with Crippen LogP contribution in [0.15, 0.2) is 24.3 Å². The number of anilines is 1. The molecule has 1 aromatic heterocycles. The second-order valence-electron chi connectivity index (χ2n) is 4.39. The van der Waals surface area contributed by atoms with E-state index >= 15 is 0 Å². The van der Waals surface area contributed by atoms with E-state index in [1.54, 1.807) is 6.07 Å². The van der Waals surface area contributed by atoms with Crippen molar-refractivity contribution < 1.29 is 10.0 Å². The number of aromatic nitrogens is 1. The number of benzene rings is 1. The quantitative estimate of drug-likeness (QED) is 0.671. The van der Waals surface area contributed by atoms with Crippen LogP contribution in [0.25, 0.3) is 10.9 Å². The topological polar surface area (TPSA) is 79.5 Å². The largest absolute Gasteiger partial charge is 0.395 e. The Morgan fingerprint density at radius 2 is 2.16 bits per heavy atom. The molecule has 100 valence electrons. The number of nitrogens with zero attached hydrogens (tertiary/aromatic N) is 3. The monoisotopic (exact) mass is 261 g/mol. The zero-order chi connectivity index (χ0) is 14.0. The van der Waals surface area contributed by atoms with Crippen molar-refractivity contribution in [1.82, 2.24) is 4.98 Å². The van der Waals surface area contributed by atoms with Crippen LogP contribution in [0.4, 0.5) is 11.4 Å². The van der Waals surface area contributed by atoms with Crippen molar-refractivity contribution in [3.63, 3.8) is 0 Å². The zero-order valence-corrected chi connectivity index (χ0v) is 10.8. The van der Waals surface area contributed by atoms with Gasteiger partial charge in [-0.05, 0) is 19.1 Å². The van der Waals surface area contributed by atoms with Gasteiger partial charge < -0.3 is 10.0 Å². The zero-order valence-electron chi connectivity index (χ0n) is 10.8. The van der Waals surface area contributed by atoms with Crippen LogP contribution in [0.2, 0.25) is 0 Å². The third kappa shape index (κ3) is 2.63. The first kappa shape index (κ1) is 13.2. The Morgan fingerprint density at radius 3 is 2.79 bits per heavy atom. The molecule has 0 saturated carbocycles. The molecule has 2 aromatic rings. The summed E-state index contributed by atoms with van der Waals surface area (Å²) in [5, 5.41) is 20.6. The Morgan fingerprint density at radius 1 is 1.42 bits per heavy atom. The molecule has 0 aliphatic heterocycles. The Kier molecular flexibility index (Phi) is 3.62. The summed E-state index contributed by atoms with van der Waals surface area (Å²) in [6.07, 6.45) is 0. The second kappa shape index (κ2) is 5.19. The molecule has 19 heavy (non-hydrogen) atoms. The van der Waals surface area contributed by atoms with E-state index in [4.69, 9.17) is 5.11 Å². The van der Waals surface area contributed by atoms with Crippen LogP contribution < -0.4 is 4.90 Å². The molecule has 6 heteroatoms. The van der Waals surface area contributed by atoms with Gasteiger partial charge in [0.15, 0.2) is 0 Å². The predicted molar refractivity (Wildman–Crippen MR) is 73.5 cm³/mol. The molecule has 0 unspecified atom stereocenters. The highest BCUT2D eigenvalue weighted by Crippen LogP contribution is 2.29. The normalized spacial score (nSPS) is 10.7. The summed E-state index contributed by atoms with van der Waals surface area (Å²) in [5.74, 6) is 0. The third-order valence-electron chi connectivity index (χ3n) is 2.96. The van der Waals surface area contributed by atoms with Gasteiger partial charge >= 0.3 is 0 Å². The van der Waals surface area contributed by atoms with E-state index in [0.29, 0.717) is 12.1 Å². The van der Waals surface area contributed by atoms with Crippen LogP contribution in [0.3, 0.4) is 0 Å². The summed E-state index contributed by atoms with van der Waals surface area (Å²) in [6, 6.07) is 6.48. The first-order valence-corrected chi connectivity index (χ1v) is 5.90. The van der Waals surface area contributed by atoms with Crippen LogP contribution in [0.1, 0.15) is 5.69 Å². The first-order valence-electron chi connectivity index (χ1n) is 5.90. The van der Waals surface area contributed by atoms with Crippen molar-refractivity contribution in [3.8, 4) is 0 Å². The molecular formula is C13H15N3O3. The van der Waals surface area contributed by atoms with Gasteiger partial charge in [-0.15, -0.1) is 0 Å². The van der Waals surface area contributed by atoms with Crippen LogP contribution in [-0.4, -0.2) is 35.2 Å². The number of fused-ring (bicyclic) bond motifs is 1. The van der Waals surface area contributed by atoms with Crippen molar-refractivity contribution in [2.24, 2.45) is 0 Å². The summed E-state index contributed by atoms with van der Waals surface area (Å²) in [4.78, 5) is 16.7. The first-order chi connectivity index (χ1) is 9.02. The minimum atomic E-state index is -0.422. The lowest BCUT2D eigenvalue weighted by Crippen LogP contribution is -2.21. The highest BCUT2D eigenvalue weighted by Gasteiger charge is 2.12. The maximum atomic E-state index is 10.8. The van der Waals surface area contributed by atoms with Crippen LogP contribution in [0, 0.1) is 17.0 Å². The second-order valence-corrected chi connectivity index (χ2v) is 4.39. The van der Waals surface area contributed by atoms with Crippen molar-refractivity contribution in [2.75, 3.05) is 25.1 Å². The smallest absolute Gasteiger partial charge is 0.270 e. The highest BCUT2D eigenvalue weighted by atomic mass is 16.6. The number of rotatable bonds is 4. The van der Waals surface area contributed by atoms with E-state index in [9.17, 15) is 10.1 Å². The van der Waals surface area contributed by atoms with Gasteiger partial charge in [0.2, 0.25) is 0 Å². The molecule has 0 amide bonds. The maximum absolute atomic E-state index is 10.8. The number of aliphatic hydroxyl groups is 1. The Labute approximate surface area is 110 Å². The van der Waals surface area contributed by atoms with Crippen molar-refractivity contribution >= 4 is 22.3 Å². The Hall–Kier alpha value is -2.21. The number of hydrogen-bond donors (Lipinski definition) is 1. The van der Waals surface area contributed by atoms with Gasteiger partial charge in [-0.3, -0.25) is 15.1 Å². The Balaban J connectivity index is 2.65. The maximum Gasteiger partial charge on any atom is 0.270 e. The van der Waals surface area contributed by atoms with Gasteiger partial charge in [0, 0.05) is 42.5 Å². The average molecular weight is 261 g/mol. The van der Waals surface area contributed by atoms with E-state index in [2.05, 4.69) is 4.98 Å². The highest BCUT2D eigenvalue weighted by molar-refractivity contribution is 5.93. The van der Waals surface area contributed by atoms with Gasteiger partial charge in [0.05, 0.1) is 17.0 Å². The van der Waals surface area contributed by atoms with E-state index < -0.39 is 4.92 Å². The van der Waals surface area contributed by atoms with Gasteiger partial charge in [0.25, 0.3) is 5.69 Å². The molecule has 0 radical (unpaired) electrons. The number of non-ortho nitro benzene ring substituents is 1. The van der Waals surface area contributed by atoms with E-state index in [1.165, 1.54) is 12.1 Å². The van der Waals surface area contributed by atoms with E-state index in [1.807, 2.05) is 24.9 Å². The lowest BCUT2D eigenvalue weighted by Gasteiger charge is -2.20. The van der Waals surface area contributed by atoms with Gasteiger partial charge in [-0.25, -0.2) is 0 Å². The fourth-order valence-electron chi connectivity index (χ4n) is 2.02. The lowest BCUT2D eigenvalue weighted by molar-refractivity contribution is -0.384. The average Bonchev–Trinajstić information content (AvgIpc) is 2.37. The summed E-state index contributed by atoms with van der Waals surface area (Å²) < 4.78 is 0. The molecule has 2 rings (SSSR count). The van der Waals surface area contributed by atoms with Gasteiger partial charge in [0.1, 0.15) is 0 Å². The number of aryl methyl sites for hydroxylation is 1. The van der Waals surface area contributed by atoms with Gasteiger partial charge in [-0.1, -0.05) is 0 Å². The molecule has 0 atom stereocenters. The molecule has 1 aromatic carbocycles. The number of nitro benzene ring substituents is 1. The number of hydrogen-bond acceptors (Lipinski definition) is 5. The molecule has 0 saturated heterocycles. The lowest BCUT2D eigenvalue weighted by atomic mass is 10.1. The van der Waals surface area contributed by atoms with Crippen LogP contribution in [-0.2, 0) is 0 Å². The number of pyridine rings is 1. The fourth-order valence-corrected chi connectivity index (χ4v) is 2.02. The number of likely N-dealkylation sites (N-methyl/N-ethyl adjacent to an activating group) is 1. The van der Waals surface area contributed by atoms with E-state index in [0.717, 1.165) is 16.8 Å². The number of nitro groups is 1. The van der Waals surface area contributed by atoms with Crippen molar-refractivity contribution in [1.29, 1.82) is 0 Å². The van der Waals surface area contributed by atoms with Gasteiger partial charge in [-0.2, -0.15) is 0 Å². The van der Waals surface area contributed by atoms with Crippen molar-refractivity contribution in [3.05, 3.63) is 40.1 Å². The van der Waals surface area contributed by atoms with Crippen molar-refractivity contribution in [2.45, 2.75) is 6.92 Å². The van der Waals surface area contributed by atoms with E-state index in [-0.39, 0.29) is 12.3 Å². The molecule has 0 aliphatic carbocycles. The van der Waals surface area contributed by atoms with Crippen LogP contribution in [0.5, 0.6) is 0 Å². The predicted octanol–water partition coefficient (Wildman–Crippen LogP) is 1.88. The molecular weight excluding hydrogens is 246 g/mol. The molecule has 0 bridgehead atoms. The molecule has 0 spiro atoms. The SMILES string of the molecule is Cc1cc(N(C)CCO)c2cc([N+](=O)[O-])ccc2n1. The summed E-state index contributed by atoms with van der Waals surface area (Å²) >= 11 is 0. The molecule has 1 N–H and O–H groups in total. The summed E-state index contributed by atoms with van der Waals surface area (Å²) in [6.45, 7) is 2.35. The molecule has 0 aliphatic rings. The minimum Gasteiger partial charge on any atom is -0.395 e. The summed E-state index contributed by atoms with van der Waals surface area (Å²) in [7, 11) is 1.84. The molecule has 0 fully saturated rings. The standard InChI is InChI=1S/C13H15N3O3/c1-9-7-13(15(2)5-6-17)11-8-10(16(18)19)3-4-12(11)14-9/h3-4,7-8,17H,5-6H2,1-2H3.